The molecule has 0 aliphatic heterocycles. The summed E-state index contributed by atoms with van der Waals surface area (Å²) in [5.41, 5.74) is 2.63. The van der Waals surface area contributed by atoms with E-state index in [1.54, 1.807) is 12.1 Å². The lowest BCUT2D eigenvalue weighted by Gasteiger charge is -2.06. The van der Waals surface area contributed by atoms with Gasteiger partial charge in [0.05, 0.1) is 12.2 Å². The van der Waals surface area contributed by atoms with Crippen molar-refractivity contribution in [2.75, 3.05) is 6.61 Å². The SMILES string of the molecule is CCOc1ccc(C(=O)NCc2ccc3cc[nH]c3c2)cn1. The van der Waals surface area contributed by atoms with Crippen LogP contribution in [0.4, 0.5) is 0 Å². The molecule has 0 spiro atoms. The summed E-state index contributed by atoms with van der Waals surface area (Å²) in [6, 6.07) is 11.5. The predicted molar refractivity (Wildman–Crippen MR) is 84.9 cm³/mol. The molecule has 3 aromatic rings. The number of nitrogens with one attached hydrogen (secondary N) is 2. The van der Waals surface area contributed by atoms with Crippen LogP contribution in [-0.4, -0.2) is 22.5 Å². The van der Waals surface area contributed by atoms with Gasteiger partial charge >= 0.3 is 0 Å². The molecular weight excluding hydrogens is 278 g/mol. The van der Waals surface area contributed by atoms with Gasteiger partial charge in [-0.3, -0.25) is 4.79 Å². The zero-order valence-electron chi connectivity index (χ0n) is 12.3. The third-order valence-electron chi connectivity index (χ3n) is 3.36. The van der Waals surface area contributed by atoms with Gasteiger partial charge in [-0.25, -0.2) is 4.98 Å². The molecule has 0 unspecified atom stereocenters. The summed E-state index contributed by atoms with van der Waals surface area (Å²) in [5, 5.41) is 4.05. The van der Waals surface area contributed by atoms with Gasteiger partial charge in [0.25, 0.3) is 5.91 Å². The normalized spacial score (nSPS) is 10.6. The van der Waals surface area contributed by atoms with E-state index >= 15 is 0 Å². The second kappa shape index (κ2) is 6.30. The second-order valence-electron chi connectivity index (χ2n) is 4.90. The molecule has 0 saturated carbocycles. The van der Waals surface area contributed by atoms with Gasteiger partial charge in [0.2, 0.25) is 5.88 Å². The standard InChI is InChI=1S/C17H17N3O2/c1-2-22-16-6-5-14(11-19-16)17(21)20-10-12-3-4-13-7-8-18-15(13)9-12/h3-9,11,18H,2,10H2,1H3,(H,20,21). The molecule has 0 saturated heterocycles. The van der Waals surface area contributed by atoms with E-state index in [1.165, 1.54) is 6.20 Å². The van der Waals surface area contributed by atoms with Crippen molar-refractivity contribution in [2.24, 2.45) is 0 Å². The molecule has 2 N–H and O–H groups in total. The summed E-state index contributed by atoms with van der Waals surface area (Å²) in [7, 11) is 0. The Morgan fingerprint density at radius 3 is 2.95 bits per heavy atom. The number of rotatable bonds is 5. The van der Waals surface area contributed by atoms with Crippen LogP contribution in [0.2, 0.25) is 0 Å². The van der Waals surface area contributed by atoms with Crippen LogP contribution >= 0.6 is 0 Å². The van der Waals surface area contributed by atoms with Gasteiger partial charge in [0.1, 0.15) is 0 Å². The Labute approximate surface area is 128 Å². The smallest absolute Gasteiger partial charge is 0.253 e. The van der Waals surface area contributed by atoms with Gasteiger partial charge in [-0.15, -0.1) is 0 Å². The fraction of sp³-hybridized carbons (Fsp3) is 0.176. The number of hydrogen-bond acceptors (Lipinski definition) is 3. The van der Waals surface area contributed by atoms with E-state index in [0.29, 0.717) is 24.6 Å². The highest BCUT2D eigenvalue weighted by molar-refractivity contribution is 5.93. The predicted octanol–water partition coefficient (Wildman–Crippen LogP) is 2.89. The monoisotopic (exact) mass is 295 g/mol. The molecule has 2 heterocycles. The Balaban J connectivity index is 1.63. The van der Waals surface area contributed by atoms with E-state index in [-0.39, 0.29) is 5.91 Å². The van der Waals surface area contributed by atoms with Crippen molar-refractivity contribution < 1.29 is 9.53 Å². The van der Waals surface area contributed by atoms with E-state index in [4.69, 9.17) is 4.74 Å². The molecule has 0 aliphatic carbocycles. The Kier molecular flexibility index (Phi) is 4.05. The van der Waals surface area contributed by atoms with Gasteiger partial charge in [-0.05, 0) is 36.1 Å². The first-order chi connectivity index (χ1) is 10.8. The highest BCUT2D eigenvalue weighted by Crippen LogP contribution is 2.14. The third-order valence-corrected chi connectivity index (χ3v) is 3.36. The van der Waals surface area contributed by atoms with Gasteiger partial charge < -0.3 is 15.0 Å². The quantitative estimate of drug-likeness (QED) is 0.760. The zero-order chi connectivity index (χ0) is 15.4. The minimum atomic E-state index is -0.151. The van der Waals surface area contributed by atoms with Crippen LogP contribution in [0.15, 0.2) is 48.8 Å². The molecule has 5 nitrogen and oxygen atoms in total. The van der Waals surface area contributed by atoms with E-state index in [0.717, 1.165) is 16.5 Å². The lowest BCUT2D eigenvalue weighted by Crippen LogP contribution is -2.22. The summed E-state index contributed by atoms with van der Waals surface area (Å²) in [6.07, 6.45) is 3.42. The maximum atomic E-state index is 12.1. The molecule has 22 heavy (non-hydrogen) atoms. The molecule has 0 bridgehead atoms. The molecule has 0 fully saturated rings. The van der Waals surface area contributed by atoms with Crippen molar-refractivity contribution in [3.8, 4) is 5.88 Å². The van der Waals surface area contributed by atoms with Crippen molar-refractivity contribution in [1.29, 1.82) is 0 Å². The summed E-state index contributed by atoms with van der Waals surface area (Å²) in [6.45, 7) is 2.92. The topological polar surface area (TPSA) is 67.0 Å². The first kappa shape index (κ1) is 14.1. The van der Waals surface area contributed by atoms with Gasteiger partial charge in [-0.2, -0.15) is 0 Å². The van der Waals surface area contributed by atoms with Crippen LogP contribution in [0, 0.1) is 0 Å². The van der Waals surface area contributed by atoms with Crippen molar-refractivity contribution in [3.05, 3.63) is 59.9 Å². The van der Waals surface area contributed by atoms with Crippen LogP contribution in [0.3, 0.4) is 0 Å². The summed E-state index contributed by atoms with van der Waals surface area (Å²) < 4.78 is 5.26. The fourth-order valence-electron chi connectivity index (χ4n) is 2.24. The largest absolute Gasteiger partial charge is 0.478 e. The van der Waals surface area contributed by atoms with Crippen LogP contribution in [0.25, 0.3) is 10.9 Å². The number of ether oxygens (including phenoxy) is 1. The van der Waals surface area contributed by atoms with Crippen LogP contribution in [-0.2, 0) is 6.54 Å². The minimum Gasteiger partial charge on any atom is -0.478 e. The van der Waals surface area contributed by atoms with Crippen molar-refractivity contribution in [1.82, 2.24) is 15.3 Å². The third kappa shape index (κ3) is 3.09. The van der Waals surface area contributed by atoms with Gasteiger partial charge in [0.15, 0.2) is 0 Å². The maximum absolute atomic E-state index is 12.1. The molecule has 0 aliphatic rings. The van der Waals surface area contributed by atoms with Crippen LogP contribution < -0.4 is 10.1 Å². The Morgan fingerprint density at radius 2 is 2.18 bits per heavy atom. The lowest BCUT2D eigenvalue weighted by molar-refractivity contribution is 0.0950. The number of benzene rings is 1. The molecule has 2 aromatic heterocycles. The first-order valence-electron chi connectivity index (χ1n) is 7.19. The zero-order valence-corrected chi connectivity index (χ0v) is 12.3. The maximum Gasteiger partial charge on any atom is 0.253 e. The molecular formula is C17H17N3O2. The number of amides is 1. The Morgan fingerprint density at radius 1 is 1.27 bits per heavy atom. The van der Waals surface area contributed by atoms with E-state index in [1.807, 2.05) is 37.4 Å². The molecule has 0 radical (unpaired) electrons. The van der Waals surface area contributed by atoms with Crippen molar-refractivity contribution in [2.45, 2.75) is 13.5 Å². The number of fused-ring (bicyclic) bond motifs is 1. The first-order valence-corrected chi connectivity index (χ1v) is 7.19. The van der Waals surface area contributed by atoms with Crippen molar-refractivity contribution in [3.63, 3.8) is 0 Å². The lowest BCUT2D eigenvalue weighted by atomic mass is 10.1. The number of hydrogen-bond donors (Lipinski definition) is 2. The van der Waals surface area contributed by atoms with Gasteiger partial charge in [0, 0.05) is 30.5 Å². The summed E-state index contributed by atoms with van der Waals surface area (Å²) >= 11 is 0. The van der Waals surface area contributed by atoms with Crippen LogP contribution in [0.5, 0.6) is 5.88 Å². The molecule has 5 heteroatoms. The van der Waals surface area contributed by atoms with E-state index in [2.05, 4.69) is 15.3 Å². The second-order valence-corrected chi connectivity index (χ2v) is 4.90. The number of carbonyl (C=O) groups is 1. The summed E-state index contributed by atoms with van der Waals surface area (Å²) in [4.78, 5) is 19.4. The highest BCUT2D eigenvalue weighted by Gasteiger charge is 2.06. The number of carbonyl (C=O) groups excluding carboxylic acids is 1. The van der Waals surface area contributed by atoms with E-state index < -0.39 is 0 Å². The Hall–Kier alpha value is -2.82. The van der Waals surface area contributed by atoms with E-state index in [9.17, 15) is 4.79 Å². The highest BCUT2D eigenvalue weighted by atomic mass is 16.5. The molecule has 112 valence electrons. The number of H-pyrrole nitrogens is 1. The van der Waals surface area contributed by atoms with Gasteiger partial charge in [-0.1, -0.05) is 12.1 Å². The molecule has 1 amide bonds. The molecule has 3 rings (SSSR count). The number of aromatic nitrogens is 2. The average Bonchev–Trinajstić information content (AvgIpc) is 3.01. The summed E-state index contributed by atoms with van der Waals surface area (Å²) in [5.74, 6) is 0.373. The molecule has 0 atom stereocenters. The number of aromatic amines is 1. The average molecular weight is 295 g/mol. The minimum absolute atomic E-state index is 0.151. The fourth-order valence-corrected chi connectivity index (χ4v) is 2.24. The molecule has 1 aromatic carbocycles. The number of nitrogens with zero attached hydrogens (tertiary/aromatic N) is 1. The Bertz CT molecular complexity index is 778. The number of pyridine rings is 1. The van der Waals surface area contributed by atoms with Crippen molar-refractivity contribution >= 4 is 16.8 Å². The van der Waals surface area contributed by atoms with Crippen LogP contribution in [0.1, 0.15) is 22.8 Å².